The maximum absolute atomic E-state index is 12.7. The van der Waals surface area contributed by atoms with E-state index in [1.54, 1.807) is 0 Å². The third kappa shape index (κ3) is 4.97. The van der Waals surface area contributed by atoms with Crippen molar-refractivity contribution in [1.29, 1.82) is 0 Å². The van der Waals surface area contributed by atoms with Gasteiger partial charge in [-0.3, -0.25) is 4.79 Å². The Morgan fingerprint density at radius 3 is 2.64 bits per heavy atom. The van der Waals surface area contributed by atoms with E-state index in [1.807, 2.05) is 25.3 Å². The first-order valence-electron chi connectivity index (χ1n) is 7.76. The van der Waals surface area contributed by atoms with Crippen LogP contribution in [-0.4, -0.2) is 26.4 Å². The van der Waals surface area contributed by atoms with E-state index in [-0.39, 0.29) is 17.5 Å². The number of rotatable bonds is 6. The minimum absolute atomic E-state index is 0.0326. The summed E-state index contributed by atoms with van der Waals surface area (Å²) < 4.78 is 40.0. The van der Waals surface area contributed by atoms with E-state index >= 15 is 0 Å². The van der Waals surface area contributed by atoms with E-state index in [0.29, 0.717) is 5.16 Å². The van der Waals surface area contributed by atoms with Crippen LogP contribution in [0.5, 0.6) is 0 Å². The molecule has 1 aromatic carbocycles. The van der Waals surface area contributed by atoms with Crippen molar-refractivity contribution >= 4 is 23.4 Å². The van der Waals surface area contributed by atoms with Crippen molar-refractivity contribution in [1.82, 2.24) is 14.8 Å². The van der Waals surface area contributed by atoms with E-state index in [9.17, 15) is 18.0 Å². The van der Waals surface area contributed by atoms with Gasteiger partial charge in [0.1, 0.15) is 5.82 Å². The molecule has 0 unspecified atom stereocenters. The van der Waals surface area contributed by atoms with Crippen molar-refractivity contribution in [2.75, 3.05) is 11.1 Å². The lowest BCUT2D eigenvalue weighted by molar-refractivity contribution is -0.137. The molecule has 0 atom stereocenters. The van der Waals surface area contributed by atoms with Gasteiger partial charge in [0.25, 0.3) is 0 Å². The average Bonchev–Trinajstić information content (AvgIpc) is 2.95. The molecule has 2 rings (SSSR count). The van der Waals surface area contributed by atoms with E-state index in [2.05, 4.69) is 15.5 Å². The van der Waals surface area contributed by atoms with Gasteiger partial charge in [-0.25, -0.2) is 0 Å². The zero-order chi connectivity index (χ0) is 18.6. The molecule has 0 saturated heterocycles. The Labute approximate surface area is 148 Å². The lowest BCUT2D eigenvalue weighted by Crippen LogP contribution is -2.16. The molecular formula is C16H19F3N4OS. The Morgan fingerprint density at radius 1 is 1.32 bits per heavy atom. The van der Waals surface area contributed by atoms with Crippen LogP contribution in [0.2, 0.25) is 0 Å². The number of anilines is 1. The maximum Gasteiger partial charge on any atom is 0.416 e. The Morgan fingerprint density at radius 2 is 2.04 bits per heavy atom. The van der Waals surface area contributed by atoms with Gasteiger partial charge in [-0.15, -0.1) is 10.2 Å². The fourth-order valence-electron chi connectivity index (χ4n) is 2.27. The minimum Gasteiger partial charge on any atom is -0.325 e. The molecule has 5 nitrogen and oxygen atoms in total. The first-order chi connectivity index (χ1) is 11.7. The van der Waals surface area contributed by atoms with Gasteiger partial charge >= 0.3 is 6.18 Å². The van der Waals surface area contributed by atoms with Crippen LogP contribution in [-0.2, 0) is 17.4 Å². The smallest absolute Gasteiger partial charge is 0.325 e. The number of aryl methyl sites for hydroxylation is 1. The number of halogens is 3. The first kappa shape index (κ1) is 19.3. The monoisotopic (exact) mass is 372 g/mol. The molecule has 0 aliphatic rings. The van der Waals surface area contributed by atoms with Gasteiger partial charge in [-0.1, -0.05) is 24.8 Å². The summed E-state index contributed by atoms with van der Waals surface area (Å²) in [6.45, 7) is 5.96. The molecular weight excluding hydrogens is 353 g/mol. The third-order valence-corrected chi connectivity index (χ3v) is 4.32. The van der Waals surface area contributed by atoms with E-state index in [4.69, 9.17) is 0 Å². The summed E-state index contributed by atoms with van der Waals surface area (Å²) >= 11 is 1.20. The number of carbonyl (C=O) groups is 1. The average molecular weight is 372 g/mol. The summed E-state index contributed by atoms with van der Waals surface area (Å²) in [6.07, 6.45) is -3.72. The molecule has 1 N–H and O–H groups in total. The largest absolute Gasteiger partial charge is 0.416 e. The van der Waals surface area contributed by atoms with Crippen molar-refractivity contribution in [3.63, 3.8) is 0 Å². The number of benzene rings is 1. The molecule has 0 fully saturated rings. The maximum atomic E-state index is 12.7. The lowest BCUT2D eigenvalue weighted by atomic mass is 10.2. The van der Waals surface area contributed by atoms with Crippen molar-refractivity contribution < 1.29 is 18.0 Å². The minimum atomic E-state index is -4.44. The molecule has 1 heterocycles. The van der Waals surface area contributed by atoms with Crippen LogP contribution in [0.25, 0.3) is 0 Å². The fraction of sp³-hybridized carbons (Fsp3) is 0.438. The second-order valence-electron chi connectivity index (χ2n) is 5.63. The van der Waals surface area contributed by atoms with Crippen LogP contribution in [0.3, 0.4) is 0 Å². The number of carbonyl (C=O) groups excluding carboxylic acids is 1. The molecule has 2 aromatic rings. The first-order valence-corrected chi connectivity index (χ1v) is 8.74. The van der Waals surface area contributed by atoms with Gasteiger partial charge in [0.05, 0.1) is 11.3 Å². The normalized spacial score (nSPS) is 11.8. The van der Waals surface area contributed by atoms with Gasteiger partial charge in [0.2, 0.25) is 5.91 Å². The second kappa shape index (κ2) is 7.90. The Hall–Kier alpha value is -2.03. The highest BCUT2D eigenvalue weighted by atomic mass is 32.2. The molecule has 1 aromatic heterocycles. The molecule has 0 radical (unpaired) electrons. The summed E-state index contributed by atoms with van der Waals surface area (Å²) in [5, 5.41) is 11.3. The molecule has 9 heteroatoms. The molecule has 136 valence electrons. The molecule has 1 amide bonds. The predicted octanol–water partition coefficient (Wildman–Crippen LogP) is 4.17. The van der Waals surface area contributed by atoms with E-state index < -0.39 is 17.6 Å². The second-order valence-corrected chi connectivity index (χ2v) is 6.57. The third-order valence-electron chi connectivity index (χ3n) is 3.37. The number of aromatic nitrogens is 3. The Bertz CT molecular complexity index is 743. The molecule has 25 heavy (non-hydrogen) atoms. The quantitative estimate of drug-likeness (QED) is 0.773. The summed E-state index contributed by atoms with van der Waals surface area (Å²) in [5.74, 6) is 0.460. The van der Waals surface area contributed by atoms with Crippen LogP contribution in [0.1, 0.15) is 38.2 Å². The predicted molar refractivity (Wildman–Crippen MR) is 90.6 cm³/mol. The Kier molecular flexibility index (Phi) is 6.10. The highest BCUT2D eigenvalue weighted by Gasteiger charge is 2.30. The van der Waals surface area contributed by atoms with Crippen molar-refractivity contribution in [2.45, 2.75) is 44.6 Å². The van der Waals surface area contributed by atoms with Crippen LogP contribution >= 0.6 is 11.8 Å². The lowest BCUT2D eigenvalue weighted by Gasteiger charge is -2.13. The molecule has 0 saturated carbocycles. The highest BCUT2D eigenvalue weighted by molar-refractivity contribution is 7.99. The number of thioether (sulfide) groups is 1. The zero-order valence-electron chi connectivity index (χ0n) is 14.1. The van der Waals surface area contributed by atoms with Crippen LogP contribution in [0, 0.1) is 0 Å². The number of alkyl halides is 3. The fourth-order valence-corrected chi connectivity index (χ4v) is 3.15. The van der Waals surface area contributed by atoms with Gasteiger partial charge in [-0.2, -0.15) is 13.2 Å². The number of hydrogen-bond donors (Lipinski definition) is 1. The SMILES string of the molecule is CCc1nnc(SCC(=O)Nc2cccc(C(F)(F)F)c2)n1C(C)C. The summed E-state index contributed by atoms with van der Waals surface area (Å²) in [5.41, 5.74) is -0.690. The van der Waals surface area contributed by atoms with Crippen molar-refractivity contribution in [2.24, 2.45) is 0 Å². The summed E-state index contributed by atoms with van der Waals surface area (Å²) in [4.78, 5) is 12.0. The molecule has 0 aliphatic carbocycles. The Balaban J connectivity index is 2.01. The number of nitrogens with zero attached hydrogens (tertiary/aromatic N) is 3. The van der Waals surface area contributed by atoms with Crippen LogP contribution in [0.15, 0.2) is 29.4 Å². The highest BCUT2D eigenvalue weighted by Crippen LogP contribution is 2.30. The standard InChI is InChI=1S/C16H19F3N4OS/c1-4-13-21-22-15(23(13)10(2)3)25-9-14(24)20-12-7-5-6-11(8-12)16(17,18)19/h5-8,10H,4,9H2,1-3H3,(H,20,24). The number of hydrogen-bond acceptors (Lipinski definition) is 4. The van der Waals surface area contributed by atoms with Gasteiger partial charge in [0.15, 0.2) is 5.16 Å². The van der Waals surface area contributed by atoms with Gasteiger partial charge in [0, 0.05) is 18.2 Å². The summed E-state index contributed by atoms with van der Waals surface area (Å²) in [7, 11) is 0. The number of amides is 1. The van der Waals surface area contributed by atoms with Crippen molar-refractivity contribution in [3.8, 4) is 0 Å². The van der Waals surface area contributed by atoms with E-state index in [1.165, 1.54) is 23.9 Å². The van der Waals surface area contributed by atoms with Crippen LogP contribution < -0.4 is 5.32 Å². The van der Waals surface area contributed by atoms with Gasteiger partial charge in [-0.05, 0) is 32.0 Å². The topological polar surface area (TPSA) is 59.8 Å². The number of nitrogens with one attached hydrogen (secondary N) is 1. The molecule has 0 bridgehead atoms. The summed E-state index contributed by atoms with van der Waals surface area (Å²) in [6, 6.07) is 4.70. The van der Waals surface area contributed by atoms with E-state index in [0.717, 1.165) is 24.4 Å². The zero-order valence-corrected chi connectivity index (χ0v) is 14.9. The van der Waals surface area contributed by atoms with Crippen LogP contribution in [0.4, 0.5) is 18.9 Å². The van der Waals surface area contributed by atoms with Gasteiger partial charge < -0.3 is 9.88 Å². The molecule has 0 aliphatic heterocycles. The molecule has 0 spiro atoms. The van der Waals surface area contributed by atoms with Crippen molar-refractivity contribution in [3.05, 3.63) is 35.7 Å².